The van der Waals surface area contributed by atoms with Gasteiger partial charge in [-0.25, -0.2) is 9.37 Å². The van der Waals surface area contributed by atoms with Gasteiger partial charge >= 0.3 is 0 Å². The van der Waals surface area contributed by atoms with Gasteiger partial charge in [-0.05, 0) is 29.8 Å². The monoisotopic (exact) mass is 381 g/mol. The highest BCUT2D eigenvalue weighted by Crippen LogP contribution is 2.37. The zero-order valence-electron chi connectivity index (χ0n) is 14.3. The summed E-state index contributed by atoms with van der Waals surface area (Å²) in [6, 6.07) is 13.9. The summed E-state index contributed by atoms with van der Waals surface area (Å²) in [5.74, 6) is -0.175. The lowest BCUT2D eigenvalue weighted by atomic mass is 10.2. The Balaban J connectivity index is 1.67. The topological polar surface area (TPSA) is 69.6 Å². The number of amides is 1. The number of hydrogen-bond donors (Lipinski definition) is 1. The number of carbonyl (C=O) groups is 1. The quantitative estimate of drug-likeness (QED) is 0.552. The van der Waals surface area contributed by atoms with Crippen molar-refractivity contribution in [3.05, 3.63) is 77.2 Å². The lowest BCUT2D eigenvalue weighted by Crippen LogP contribution is -2.13. The third kappa shape index (κ3) is 3.68. The normalized spacial score (nSPS) is 11.0. The fourth-order valence-corrected chi connectivity index (χ4v) is 3.96. The van der Waals surface area contributed by atoms with Crippen molar-refractivity contribution in [2.75, 3.05) is 0 Å². The van der Waals surface area contributed by atoms with E-state index in [1.807, 2.05) is 34.9 Å². The highest BCUT2D eigenvalue weighted by atomic mass is 32.1. The van der Waals surface area contributed by atoms with Crippen LogP contribution < -0.4 is 10.5 Å². The number of thiophene rings is 1. The number of primary amides is 1. The minimum Gasteiger partial charge on any atom is -0.488 e. The number of fused-ring (bicyclic) bond motifs is 1. The van der Waals surface area contributed by atoms with Crippen LogP contribution in [-0.4, -0.2) is 15.3 Å². The minimum atomic E-state index is -0.433. The molecule has 27 heavy (non-hydrogen) atoms. The first-order valence-corrected chi connectivity index (χ1v) is 9.12. The van der Waals surface area contributed by atoms with Crippen LogP contribution in [0.5, 0.6) is 5.75 Å². The van der Waals surface area contributed by atoms with Gasteiger partial charge in [0, 0.05) is 12.3 Å². The van der Waals surface area contributed by atoms with Crippen molar-refractivity contribution >= 4 is 22.9 Å². The Kier molecular flexibility index (Phi) is 4.60. The lowest BCUT2D eigenvalue weighted by molar-refractivity contribution is -0.117. The second-order valence-electron chi connectivity index (χ2n) is 6.03. The van der Waals surface area contributed by atoms with Crippen LogP contribution in [0.15, 0.2) is 60.9 Å². The van der Waals surface area contributed by atoms with Gasteiger partial charge in [-0.1, -0.05) is 18.2 Å². The van der Waals surface area contributed by atoms with Crippen LogP contribution in [0, 0.1) is 5.82 Å². The van der Waals surface area contributed by atoms with Crippen molar-refractivity contribution in [3.8, 4) is 16.3 Å². The number of pyridine rings is 1. The van der Waals surface area contributed by atoms with Gasteiger partial charge in [-0.15, -0.1) is 11.3 Å². The standard InChI is InChI=1S/C20H16FN3O2S/c21-14-5-3-4-13(8-14)12-26-16-9-17(27-18(16)10-19(22)25)15-11-23-20-6-1-2-7-24(15)20/h1-9,11H,10,12H2,(H2,22,25). The summed E-state index contributed by atoms with van der Waals surface area (Å²) in [4.78, 5) is 17.5. The predicted molar refractivity (Wildman–Crippen MR) is 102 cm³/mol. The largest absolute Gasteiger partial charge is 0.488 e. The molecule has 0 aliphatic carbocycles. The van der Waals surface area contributed by atoms with Gasteiger partial charge in [-0.2, -0.15) is 0 Å². The number of carbonyl (C=O) groups excluding carboxylic acids is 1. The molecule has 3 aromatic heterocycles. The maximum atomic E-state index is 13.4. The summed E-state index contributed by atoms with van der Waals surface area (Å²) in [5.41, 5.74) is 7.83. The van der Waals surface area contributed by atoms with Crippen molar-refractivity contribution < 1.29 is 13.9 Å². The predicted octanol–water partition coefficient (Wildman–Crippen LogP) is 3.81. The Bertz CT molecular complexity index is 1120. The second-order valence-corrected chi connectivity index (χ2v) is 7.17. The molecule has 0 bridgehead atoms. The van der Waals surface area contributed by atoms with Crippen LogP contribution >= 0.6 is 11.3 Å². The van der Waals surface area contributed by atoms with Gasteiger partial charge in [0.1, 0.15) is 23.8 Å². The molecule has 0 saturated carbocycles. The Morgan fingerprint density at radius 3 is 2.93 bits per heavy atom. The third-order valence-corrected chi connectivity index (χ3v) is 5.20. The first kappa shape index (κ1) is 17.2. The molecule has 2 N–H and O–H groups in total. The van der Waals surface area contributed by atoms with E-state index in [0.717, 1.165) is 21.1 Å². The van der Waals surface area contributed by atoms with Crippen LogP contribution in [0.3, 0.4) is 0 Å². The molecule has 5 nitrogen and oxygen atoms in total. The lowest BCUT2D eigenvalue weighted by Gasteiger charge is -2.06. The van der Waals surface area contributed by atoms with E-state index in [4.69, 9.17) is 10.5 Å². The fraction of sp³-hybridized carbons (Fsp3) is 0.100. The van der Waals surface area contributed by atoms with Gasteiger partial charge in [0.2, 0.25) is 5.91 Å². The first-order valence-electron chi connectivity index (χ1n) is 8.31. The molecule has 1 amide bonds. The summed E-state index contributed by atoms with van der Waals surface area (Å²) in [7, 11) is 0. The Morgan fingerprint density at radius 2 is 2.11 bits per heavy atom. The number of benzene rings is 1. The van der Waals surface area contributed by atoms with E-state index < -0.39 is 5.91 Å². The van der Waals surface area contributed by atoms with Crippen LogP contribution in [0.25, 0.3) is 16.2 Å². The van der Waals surface area contributed by atoms with E-state index in [2.05, 4.69) is 4.98 Å². The molecule has 4 aromatic rings. The summed E-state index contributed by atoms with van der Waals surface area (Å²) in [6.45, 7) is 0.201. The molecule has 0 radical (unpaired) electrons. The molecular formula is C20H16FN3O2S. The number of rotatable bonds is 6. The van der Waals surface area contributed by atoms with Crippen molar-refractivity contribution in [1.82, 2.24) is 9.38 Å². The molecule has 4 rings (SSSR count). The first-order chi connectivity index (χ1) is 13.1. The molecule has 0 aliphatic rings. The zero-order chi connectivity index (χ0) is 18.8. The van der Waals surface area contributed by atoms with Crippen molar-refractivity contribution in [3.63, 3.8) is 0 Å². The maximum absolute atomic E-state index is 13.4. The fourth-order valence-electron chi connectivity index (χ4n) is 2.84. The molecule has 7 heteroatoms. The number of nitrogens with zero attached hydrogens (tertiary/aromatic N) is 2. The van der Waals surface area contributed by atoms with Crippen LogP contribution in [0.2, 0.25) is 0 Å². The summed E-state index contributed by atoms with van der Waals surface area (Å²) < 4.78 is 21.2. The zero-order valence-corrected chi connectivity index (χ0v) is 15.1. The van der Waals surface area contributed by atoms with Gasteiger partial charge in [-0.3, -0.25) is 9.20 Å². The van der Waals surface area contributed by atoms with E-state index in [-0.39, 0.29) is 18.8 Å². The summed E-state index contributed by atoms with van der Waals surface area (Å²) in [6.07, 6.45) is 3.80. The third-order valence-electron chi connectivity index (χ3n) is 4.06. The van der Waals surface area contributed by atoms with E-state index >= 15 is 0 Å². The summed E-state index contributed by atoms with van der Waals surface area (Å²) >= 11 is 1.44. The smallest absolute Gasteiger partial charge is 0.222 e. The van der Waals surface area contributed by atoms with Crippen molar-refractivity contribution in [2.24, 2.45) is 5.73 Å². The molecule has 0 fully saturated rings. The average Bonchev–Trinajstić information content (AvgIpc) is 3.23. The van der Waals surface area contributed by atoms with Crippen LogP contribution in [0.4, 0.5) is 4.39 Å². The molecule has 1 aromatic carbocycles. The second kappa shape index (κ2) is 7.20. The van der Waals surface area contributed by atoms with Gasteiger partial charge < -0.3 is 10.5 Å². The number of hydrogen-bond acceptors (Lipinski definition) is 4. The molecule has 0 unspecified atom stereocenters. The van der Waals surface area contributed by atoms with E-state index in [0.29, 0.717) is 11.3 Å². The van der Waals surface area contributed by atoms with E-state index in [9.17, 15) is 9.18 Å². The number of halogens is 1. The van der Waals surface area contributed by atoms with Crippen molar-refractivity contribution in [1.29, 1.82) is 0 Å². The van der Waals surface area contributed by atoms with Crippen LogP contribution in [-0.2, 0) is 17.8 Å². The molecule has 0 spiro atoms. The summed E-state index contributed by atoms with van der Waals surface area (Å²) in [5, 5.41) is 0. The average molecular weight is 381 g/mol. The Morgan fingerprint density at radius 1 is 1.22 bits per heavy atom. The number of aromatic nitrogens is 2. The Labute approximate surface area is 158 Å². The molecule has 0 aliphatic heterocycles. The van der Waals surface area contributed by atoms with Crippen molar-refractivity contribution in [2.45, 2.75) is 13.0 Å². The minimum absolute atomic E-state index is 0.0832. The number of imidazole rings is 1. The molecular weight excluding hydrogens is 365 g/mol. The van der Waals surface area contributed by atoms with E-state index in [1.165, 1.54) is 23.5 Å². The van der Waals surface area contributed by atoms with Gasteiger partial charge in [0.25, 0.3) is 0 Å². The molecule has 0 atom stereocenters. The highest BCUT2D eigenvalue weighted by molar-refractivity contribution is 7.15. The molecule has 0 saturated heterocycles. The SMILES string of the molecule is NC(=O)Cc1sc(-c2cnc3ccccn23)cc1OCc1cccc(F)c1. The highest BCUT2D eigenvalue weighted by Gasteiger charge is 2.16. The molecule has 3 heterocycles. The number of nitrogens with two attached hydrogens (primary N) is 1. The number of ether oxygens (including phenoxy) is 1. The molecule has 136 valence electrons. The van der Waals surface area contributed by atoms with Crippen LogP contribution in [0.1, 0.15) is 10.4 Å². The Hall–Kier alpha value is -3.19. The van der Waals surface area contributed by atoms with E-state index in [1.54, 1.807) is 18.3 Å². The maximum Gasteiger partial charge on any atom is 0.222 e. The van der Waals surface area contributed by atoms with Gasteiger partial charge in [0.05, 0.1) is 28.1 Å². The van der Waals surface area contributed by atoms with Gasteiger partial charge in [0.15, 0.2) is 0 Å².